The van der Waals surface area contributed by atoms with Crippen LogP contribution in [0.2, 0.25) is 0 Å². The smallest absolute Gasteiger partial charge is 0.0619 e. The van der Waals surface area contributed by atoms with Crippen LogP contribution in [0.15, 0.2) is 0 Å². The highest BCUT2D eigenvalue weighted by atomic mass is 16.5. The van der Waals surface area contributed by atoms with Crippen molar-refractivity contribution in [1.29, 1.82) is 0 Å². The maximum absolute atomic E-state index is 9.18. The zero-order valence-electron chi connectivity index (χ0n) is 9.07. The van der Waals surface area contributed by atoms with Crippen LogP contribution >= 0.6 is 0 Å². The Bertz CT molecular complexity index is 171. The predicted octanol–water partition coefficient (Wildman–Crippen LogP) is -0.302. The van der Waals surface area contributed by atoms with Gasteiger partial charge in [-0.2, -0.15) is 0 Å². The molecular weight excluding hydrogens is 182 g/mol. The first kappa shape index (κ1) is 11.9. The molecule has 4 heteroatoms. The van der Waals surface area contributed by atoms with Crippen LogP contribution in [0.4, 0.5) is 0 Å². The minimum absolute atomic E-state index is 0.0214. The lowest BCUT2D eigenvalue weighted by atomic mass is 9.91. The minimum Gasteiger partial charge on any atom is -0.396 e. The van der Waals surface area contributed by atoms with Crippen LogP contribution in [0.1, 0.15) is 13.8 Å². The first-order valence-corrected chi connectivity index (χ1v) is 5.15. The van der Waals surface area contributed by atoms with E-state index in [0.717, 1.165) is 26.3 Å². The maximum Gasteiger partial charge on any atom is 0.0619 e. The van der Waals surface area contributed by atoms with Crippen LogP contribution in [0, 0.1) is 5.41 Å². The molecule has 1 aliphatic heterocycles. The number of hydrogen-bond donors (Lipinski definition) is 2. The van der Waals surface area contributed by atoms with Crippen molar-refractivity contribution in [2.45, 2.75) is 19.9 Å². The SMILES string of the molecule is CC1COCCN1CC(C)(CO)CO. The van der Waals surface area contributed by atoms with Gasteiger partial charge in [-0.25, -0.2) is 0 Å². The Morgan fingerprint density at radius 1 is 1.43 bits per heavy atom. The van der Waals surface area contributed by atoms with Crippen LogP contribution in [0.3, 0.4) is 0 Å². The monoisotopic (exact) mass is 203 g/mol. The van der Waals surface area contributed by atoms with Crippen molar-refractivity contribution in [1.82, 2.24) is 4.90 Å². The summed E-state index contributed by atoms with van der Waals surface area (Å²) in [7, 11) is 0. The normalized spacial score (nSPS) is 25.3. The number of aliphatic hydroxyl groups is 2. The lowest BCUT2D eigenvalue weighted by Crippen LogP contribution is -2.50. The van der Waals surface area contributed by atoms with Crippen LogP contribution in [-0.2, 0) is 4.74 Å². The van der Waals surface area contributed by atoms with Crippen molar-refractivity contribution < 1.29 is 14.9 Å². The highest BCUT2D eigenvalue weighted by molar-refractivity contribution is 4.81. The van der Waals surface area contributed by atoms with Gasteiger partial charge in [0.15, 0.2) is 0 Å². The van der Waals surface area contributed by atoms with E-state index >= 15 is 0 Å². The van der Waals surface area contributed by atoms with Gasteiger partial charge in [-0.15, -0.1) is 0 Å². The Balaban J connectivity index is 2.48. The summed E-state index contributed by atoms with van der Waals surface area (Å²) in [5.74, 6) is 0. The number of aliphatic hydroxyl groups excluding tert-OH is 2. The lowest BCUT2D eigenvalue weighted by Gasteiger charge is -2.39. The van der Waals surface area contributed by atoms with Crippen LogP contribution < -0.4 is 0 Å². The van der Waals surface area contributed by atoms with Gasteiger partial charge in [0.05, 0.1) is 26.4 Å². The zero-order chi connectivity index (χ0) is 10.6. The van der Waals surface area contributed by atoms with Crippen molar-refractivity contribution in [3.05, 3.63) is 0 Å². The Morgan fingerprint density at radius 3 is 2.57 bits per heavy atom. The van der Waals surface area contributed by atoms with Gasteiger partial charge in [-0.3, -0.25) is 4.90 Å². The molecule has 14 heavy (non-hydrogen) atoms. The topological polar surface area (TPSA) is 52.9 Å². The number of morpholine rings is 1. The molecule has 1 fully saturated rings. The standard InChI is InChI=1S/C10H21NO3/c1-9-5-14-4-3-11(9)6-10(2,7-12)8-13/h9,12-13H,3-8H2,1-2H3. The van der Waals surface area contributed by atoms with Crippen molar-refractivity contribution in [3.63, 3.8) is 0 Å². The summed E-state index contributed by atoms with van der Waals surface area (Å²) in [5, 5.41) is 18.4. The second-order valence-corrected chi connectivity index (χ2v) is 4.52. The van der Waals surface area contributed by atoms with Crippen molar-refractivity contribution in [3.8, 4) is 0 Å². The molecular formula is C10H21NO3. The third-order valence-corrected chi connectivity index (χ3v) is 2.85. The van der Waals surface area contributed by atoms with E-state index in [9.17, 15) is 10.2 Å². The number of nitrogens with zero attached hydrogens (tertiary/aromatic N) is 1. The quantitative estimate of drug-likeness (QED) is 0.658. The van der Waals surface area contributed by atoms with Crippen LogP contribution in [0.5, 0.6) is 0 Å². The molecule has 1 heterocycles. The summed E-state index contributed by atoms with van der Waals surface area (Å²) in [4.78, 5) is 2.26. The lowest BCUT2D eigenvalue weighted by molar-refractivity contribution is -0.0391. The van der Waals surface area contributed by atoms with E-state index in [1.807, 2.05) is 6.92 Å². The fourth-order valence-corrected chi connectivity index (χ4v) is 1.64. The molecule has 1 rings (SSSR count). The summed E-state index contributed by atoms with van der Waals surface area (Å²) >= 11 is 0. The molecule has 1 atom stereocenters. The van der Waals surface area contributed by atoms with Crippen molar-refractivity contribution in [2.75, 3.05) is 39.5 Å². The summed E-state index contributed by atoms with van der Waals surface area (Å²) < 4.78 is 5.33. The van der Waals surface area contributed by atoms with Gasteiger partial charge in [0.1, 0.15) is 0 Å². The predicted molar refractivity (Wildman–Crippen MR) is 54.1 cm³/mol. The van der Waals surface area contributed by atoms with Gasteiger partial charge < -0.3 is 14.9 Å². The second kappa shape index (κ2) is 5.07. The van der Waals surface area contributed by atoms with Crippen molar-refractivity contribution >= 4 is 0 Å². The second-order valence-electron chi connectivity index (χ2n) is 4.52. The van der Waals surface area contributed by atoms with Gasteiger partial charge in [0, 0.05) is 24.5 Å². The number of ether oxygens (including phenoxy) is 1. The molecule has 0 aliphatic carbocycles. The summed E-state index contributed by atoms with van der Waals surface area (Å²) in [6.07, 6.45) is 0. The summed E-state index contributed by atoms with van der Waals surface area (Å²) in [5.41, 5.74) is -0.397. The molecule has 0 radical (unpaired) electrons. The largest absolute Gasteiger partial charge is 0.396 e. The van der Waals surface area contributed by atoms with Gasteiger partial charge >= 0.3 is 0 Å². The average Bonchev–Trinajstić information content (AvgIpc) is 2.21. The molecule has 0 amide bonds. The Morgan fingerprint density at radius 2 is 2.07 bits per heavy atom. The molecule has 1 aliphatic rings. The van der Waals surface area contributed by atoms with Gasteiger partial charge in [-0.05, 0) is 6.92 Å². The highest BCUT2D eigenvalue weighted by Gasteiger charge is 2.29. The molecule has 0 aromatic rings. The molecule has 0 saturated carbocycles. The zero-order valence-corrected chi connectivity index (χ0v) is 9.07. The summed E-state index contributed by atoms with van der Waals surface area (Å²) in [6.45, 7) is 7.15. The van der Waals surface area contributed by atoms with E-state index in [1.54, 1.807) is 0 Å². The van der Waals surface area contributed by atoms with Gasteiger partial charge in [0.2, 0.25) is 0 Å². The van der Waals surface area contributed by atoms with E-state index in [1.165, 1.54) is 0 Å². The summed E-state index contributed by atoms with van der Waals surface area (Å²) in [6, 6.07) is 0.376. The Hall–Kier alpha value is -0.160. The van der Waals surface area contributed by atoms with Crippen LogP contribution in [0.25, 0.3) is 0 Å². The molecule has 4 nitrogen and oxygen atoms in total. The maximum atomic E-state index is 9.18. The molecule has 0 aromatic carbocycles. The van der Waals surface area contributed by atoms with Crippen molar-refractivity contribution in [2.24, 2.45) is 5.41 Å². The van der Waals surface area contributed by atoms with E-state index in [0.29, 0.717) is 6.04 Å². The average molecular weight is 203 g/mol. The fraction of sp³-hybridized carbons (Fsp3) is 1.00. The van der Waals surface area contributed by atoms with E-state index in [4.69, 9.17) is 4.74 Å². The number of rotatable bonds is 4. The molecule has 1 unspecified atom stereocenters. The fourth-order valence-electron chi connectivity index (χ4n) is 1.64. The van der Waals surface area contributed by atoms with Gasteiger partial charge in [-0.1, -0.05) is 6.92 Å². The molecule has 0 spiro atoms. The van der Waals surface area contributed by atoms with E-state index in [2.05, 4.69) is 11.8 Å². The highest BCUT2D eigenvalue weighted by Crippen LogP contribution is 2.19. The first-order valence-electron chi connectivity index (χ1n) is 5.15. The van der Waals surface area contributed by atoms with E-state index < -0.39 is 5.41 Å². The Kier molecular flexibility index (Phi) is 4.31. The van der Waals surface area contributed by atoms with Gasteiger partial charge in [0.25, 0.3) is 0 Å². The Labute approximate surface area is 85.5 Å². The third kappa shape index (κ3) is 2.92. The minimum atomic E-state index is -0.397. The first-order chi connectivity index (χ1) is 6.61. The van der Waals surface area contributed by atoms with Crippen LogP contribution in [-0.4, -0.2) is 60.7 Å². The molecule has 1 saturated heterocycles. The van der Waals surface area contributed by atoms with E-state index in [-0.39, 0.29) is 13.2 Å². The molecule has 0 aromatic heterocycles. The number of hydrogen-bond acceptors (Lipinski definition) is 4. The molecule has 84 valence electrons. The molecule has 2 N–H and O–H groups in total. The molecule has 0 bridgehead atoms. The third-order valence-electron chi connectivity index (χ3n) is 2.85.